The van der Waals surface area contributed by atoms with Gasteiger partial charge in [-0.05, 0) is 24.3 Å². The smallest absolute Gasteiger partial charge is 0.262 e. The molecule has 1 aromatic heterocycles. The highest BCUT2D eigenvalue weighted by molar-refractivity contribution is 6.34. The predicted molar refractivity (Wildman–Crippen MR) is 105 cm³/mol. The van der Waals surface area contributed by atoms with Gasteiger partial charge in [-0.3, -0.25) is 4.79 Å². The number of imidazole rings is 1. The lowest BCUT2D eigenvalue weighted by atomic mass is 10.3. The number of ether oxygens (including phenoxy) is 2. The van der Waals surface area contributed by atoms with Crippen LogP contribution in [0.25, 0.3) is 0 Å². The Morgan fingerprint density at radius 2 is 1.96 bits per heavy atom. The second-order valence-electron chi connectivity index (χ2n) is 5.56. The van der Waals surface area contributed by atoms with Crippen molar-refractivity contribution >= 4 is 34.8 Å². The van der Waals surface area contributed by atoms with Gasteiger partial charge < -0.3 is 19.4 Å². The minimum Gasteiger partial charge on any atom is -0.490 e. The van der Waals surface area contributed by atoms with Crippen molar-refractivity contribution in [2.75, 3.05) is 18.5 Å². The van der Waals surface area contributed by atoms with Crippen LogP contribution in [0.2, 0.25) is 10.0 Å². The quantitative estimate of drug-likeness (QED) is 0.606. The fraction of sp³-hybridized carbons (Fsp3) is 0.158. The number of hydrogen-bond acceptors (Lipinski definition) is 4. The van der Waals surface area contributed by atoms with E-state index in [1.54, 1.807) is 42.9 Å². The maximum Gasteiger partial charge on any atom is 0.262 e. The highest BCUT2D eigenvalue weighted by Gasteiger charge is 2.10. The van der Waals surface area contributed by atoms with Crippen LogP contribution in [0, 0.1) is 0 Å². The molecule has 1 amide bonds. The van der Waals surface area contributed by atoms with Gasteiger partial charge in [-0.15, -0.1) is 0 Å². The van der Waals surface area contributed by atoms with E-state index >= 15 is 0 Å². The van der Waals surface area contributed by atoms with E-state index in [0.29, 0.717) is 40.4 Å². The van der Waals surface area contributed by atoms with Crippen molar-refractivity contribution in [3.8, 4) is 11.5 Å². The normalized spacial score (nSPS) is 10.4. The lowest BCUT2D eigenvalue weighted by molar-refractivity contribution is -0.118. The minimum absolute atomic E-state index is 0.205. The zero-order chi connectivity index (χ0) is 19.1. The number of anilines is 1. The summed E-state index contributed by atoms with van der Waals surface area (Å²) >= 11 is 11.9. The molecule has 1 N–H and O–H groups in total. The summed E-state index contributed by atoms with van der Waals surface area (Å²) in [4.78, 5) is 16.2. The summed E-state index contributed by atoms with van der Waals surface area (Å²) in [6.45, 7) is 0.889. The third-order valence-electron chi connectivity index (χ3n) is 3.58. The molecule has 1 heterocycles. The van der Waals surface area contributed by atoms with Crippen molar-refractivity contribution < 1.29 is 14.3 Å². The van der Waals surface area contributed by atoms with Gasteiger partial charge in [0, 0.05) is 23.5 Å². The predicted octanol–water partition coefficient (Wildman–Crippen LogP) is 4.29. The second kappa shape index (κ2) is 9.30. The molecule has 0 saturated carbocycles. The average Bonchev–Trinajstić information content (AvgIpc) is 3.17. The molecule has 3 rings (SSSR count). The summed E-state index contributed by atoms with van der Waals surface area (Å²) < 4.78 is 13.1. The SMILES string of the molecule is O=C(COc1cc(Cl)ccc1Cl)Nc1ccccc1OCCn1ccnc1. The highest BCUT2D eigenvalue weighted by atomic mass is 35.5. The lowest BCUT2D eigenvalue weighted by Gasteiger charge is -2.13. The van der Waals surface area contributed by atoms with Crippen LogP contribution < -0.4 is 14.8 Å². The standard InChI is InChI=1S/C19H17Cl2N3O3/c20-14-5-6-15(21)18(11-14)27-12-19(25)23-16-3-1-2-4-17(16)26-10-9-24-8-7-22-13-24/h1-8,11,13H,9-10,12H2,(H,23,25). The number of hydrogen-bond donors (Lipinski definition) is 1. The Balaban J connectivity index is 1.55. The first-order valence-corrected chi connectivity index (χ1v) is 8.92. The maximum absolute atomic E-state index is 12.2. The molecule has 0 saturated heterocycles. The van der Waals surface area contributed by atoms with E-state index in [-0.39, 0.29) is 12.5 Å². The van der Waals surface area contributed by atoms with Crippen molar-refractivity contribution in [2.45, 2.75) is 6.54 Å². The summed E-state index contributed by atoms with van der Waals surface area (Å²) in [5.74, 6) is 0.590. The fourth-order valence-electron chi connectivity index (χ4n) is 2.29. The molecule has 8 heteroatoms. The molecule has 0 aliphatic heterocycles. The van der Waals surface area contributed by atoms with Crippen LogP contribution >= 0.6 is 23.2 Å². The van der Waals surface area contributed by atoms with Crippen LogP contribution in [0.15, 0.2) is 61.2 Å². The molecule has 0 fully saturated rings. The number of carbonyl (C=O) groups excluding carboxylic acids is 1. The van der Waals surface area contributed by atoms with Gasteiger partial charge in [0.1, 0.15) is 18.1 Å². The third kappa shape index (κ3) is 5.64. The first kappa shape index (κ1) is 19.1. The molecule has 0 bridgehead atoms. The number of para-hydroxylation sites is 2. The van der Waals surface area contributed by atoms with Crippen molar-refractivity contribution in [3.05, 3.63) is 71.2 Å². The molecule has 0 atom stereocenters. The molecule has 6 nitrogen and oxygen atoms in total. The van der Waals surface area contributed by atoms with Crippen molar-refractivity contribution in [1.82, 2.24) is 9.55 Å². The van der Waals surface area contributed by atoms with Gasteiger partial charge in [-0.25, -0.2) is 4.98 Å². The topological polar surface area (TPSA) is 65.4 Å². The van der Waals surface area contributed by atoms with Gasteiger partial charge in [-0.1, -0.05) is 35.3 Å². The number of rotatable bonds is 8. The van der Waals surface area contributed by atoms with E-state index < -0.39 is 0 Å². The summed E-state index contributed by atoms with van der Waals surface area (Å²) in [6.07, 6.45) is 5.28. The fourth-order valence-corrected chi connectivity index (χ4v) is 2.63. The molecule has 2 aromatic carbocycles. The molecule has 140 valence electrons. The zero-order valence-electron chi connectivity index (χ0n) is 14.3. The van der Waals surface area contributed by atoms with E-state index in [4.69, 9.17) is 32.7 Å². The first-order chi connectivity index (χ1) is 13.1. The van der Waals surface area contributed by atoms with Gasteiger partial charge in [-0.2, -0.15) is 0 Å². The van der Waals surface area contributed by atoms with E-state index in [9.17, 15) is 4.79 Å². The molecule has 0 radical (unpaired) electrons. The van der Waals surface area contributed by atoms with Crippen LogP contribution in [0.1, 0.15) is 0 Å². The van der Waals surface area contributed by atoms with Crippen molar-refractivity contribution in [3.63, 3.8) is 0 Å². The van der Waals surface area contributed by atoms with E-state index in [1.807, 2.05) is 22.9 Å². The van der Waals surface area contributed by atoms with Gasteiger partial charge in [0.15, 0.2) is 6.61 Å². The summed E-state index contributed by atoms with van der Waals surface area (Å²) in [7, 11) is 0. The number of nitrogens with one attached hydrogen (secondary N) is 1. The van der Waals surface area contributed by atoms with Gasteiger partial charge >= 0.3 is 0 Å². The molecular weight excluding hydrogens is 389 g/mol. The monoisotopic (exact) mass is 405 g/mol. The van der Waals surface area contributed by atoms with Gasteiger partial charge in [0.2, 0.25) is 0 Å². The van der Waals surface area contributed by atoms with Crippen molar-refractivity contribution in [2.24, 2.45) is 0 Å². The van der Waals surface area contributed by atoms with Crippen molar-refractivity contribution in [1.29, 1.82) is 0 Å². The molecule has 0 unspecified atom stereocenters. The summed E-state index contributed by atoms with van der Waals surface area (Å²) in [6, 6.07) is 12.0. The Morgan fingerprint density at radius 1 is 1.11 bits per heavy atom. The first-order valence-electron chi connectivity index (χ1n) is 8.17. The molecule has 0 aliphatic carbocycles. The molecule has 0 aliphatic rings. The molecular formula is C19H17Cl2N3O3. The minimum atomic E-state index is -0.336. The zero-order valence-corrected chi connectivity index (χ0v) is 15.8. The van der Waals surface area contributed by atoms with Crippen LogP contribution in [-0.2, 0) is 11.3 Å². The number of carbonyl (C=O) groups is 1. The molecule has 3 aromatic rings. The Labute approximate surface area is 166 Å². The van der Waals surface area contributed by atoms with E-state index in [2.05, 4.69) is 10.3 Å². The maximum atomic E-state index is 12.2. The van der Waals surface area contributed by atoms with E-state index in [1.165, 1.54) is 0 Å². The Bertz CT molecular complexity index is 901. The van der Waals surface area contributed by atoms with Crippen LogP contribution in [-0.4, -0.2) is 28.7 Å². The number of halogens is 2. The average molecular weight is 406 g/mol. The Morgan fingerprint density at radius 3 is 2.78 bits per heavy atom. The summed E-state index contributed by atoms with van der Waals surface area (Å²) in [5.41, 5.74) is 0.564. The highest BCUT2D eigenvalue weighted by Crippen LogP contribution is 2.28. The lowest BCUT2D eigenvalue weighted by Crippen LogP contribution is -2.21. The number of nitrogens with zero attached hydrogens (tertiary/aromatic N) is 2. The van der Waals surface area contributed by atoms with Gasteiger partial charge in [0.05, 0.1) is 23.6 Å². The van der Waals surface area contributed by atoms with Crippen LogP contribution in [0.4, 0.5) is 5.69 Å². The van der Waals surface area contributed by atoms with Crippen LogP contribution in [0.5, 0.6) is 11.5 Å². The Kier molecular flexibility index (Phi) is 6.57. The number of amides is 1. The van der Waals surface area contributed by atoms with Gasteiger partial charge in [0.25, 0.3) is 5.91 Å². The second-order valence-corrected chi connectivity index (χ2v) is 6.40. The van der Waals surface area contributed by atoms with E-state index in [0.717, 1.165) is 0 Å². The largest absolute Gasteiger partial charge is 0.490 e. The molecule has 27 heavy (non-hydrogen) atoms. The third-order valence-corrected chi connectivity index (χ3v) is 4.13. The number of benzene rings is 2. The molecule has 0 spiro atoms. The number of aromatic nitrogens is 2. The summed E-state index contributed by atoms with van der Waals surface area (Å²) in [5, 5.41) is 3.64. The van der Waals surface area contributed by atoms with Crippen LogP contribution in [0.3, 0.4) is 0 Å². The Hall–Kier alpha value is -2.70.